The molecular weight excluding hydrogens is 219 g/mol. The Labute approximate surface area is 101 Å². The van der Waals surface area contributed by atoms with Crippen molar-refractivity contribution in [3.05, 3.63) is 35.1 Å². The summed E-state index contributed by atoms with van der Waals surface area (Å²) >= 11 is 0. The van der Waals surface area contributed by atoms with Crippen LogP contribution in [0.25, 0.3) is 0 Å². The molecule has 1 aromatic rings. The largest absolute Gasteiger partial charge is 0.394 e. The molecule has 1 atom stereocenters. The summed E-state index contributed by atoms with van der Waals surface area (Å²) in [6, 6.07) is 4.98. The van der Waals surface area contributed by atoms with E-state index < -0.39 is 0 Å². The molecule has 17 heavy (non-hydrogen) atoms. The highest BCUT2D eigenvalue weighted by Crippen LogP contribution is 2.24. The maximum atomic E-state index is 13.9. The van der Waals surface area contributed by atoms with Crippen molar-refractivity contribution in [3.8, 4) is 0 Å². The van der Waals surface area contributed by atoms with Crippen LogP contribution in [0.1, 0.15) is 17.2 Å². The Morgan fingerprint density at radius 1 is 1.41 bits per heavy atom. The molecule has 3 nitrogen and oxygen atoms in total. The van der Waals surface area contributed by atoms with Crippen molar-refractivity contribution in [2.45, 2.75) is 13.0 Å². The van der Waals surface area contributed by atoms with E-state index in [0.717, 1.165) is 31.7 Å². The first-order chi connectivity index (χ1) is 8.22. The molecule has 1 fully saturated rings. The Kier molecular flexibility index (Phi) is 4.10. The maximum absolute atomic E-state index is 13.9. The summed E-state index contributed by atoms with van der Waals surface area (Å²) in [5.74, 6) is -0.220. The average molecular weight is 238 g/mol. The van der Waals surface area contributed by atoms with Crippen LogP contribution in [-0.4, -0.2) is 42.8 Å². The minimum Gasteiger partial charge on any atom is -0.394 e. The van der Waals surface area contributed by atoms with Crippen LogP contribution in [0.4, 0.5) is 4.39 Å². The van der Waals surface area contributed by atoms with Crippen molar-refractivity contribution in [2.75, 3.05) is 32.8 Å². The van der Waals surface area contributed by atoms with Gasteiger partial charge >= 0.3 is 0 Å². The highest BCUT2D eigenvalue weighted by molar-refractivity contribution is 5.26. The molecule has 0 unspecified atom stereocenters. The van der Waals surface area contributed by atoms with E-state index in [9.17, 15) is 9.50 Å². The first-order valence-corrected chi connectivity index (χ1v) is 6.04. The zero-order chi connectivity index (χ0) is 12.3. The molecule has 0 saturated carbocycles. The van der Waals surface area contributed by atoms with Crippen molar-refractivity contribution in [2.24, 2.45) is 0 Å². The number of nitrogens with zero attached hydrogens (tertiary/aromatic N) is 1. The van der Waals surface area contributed by atoms with E-state index in [1.54, 1.807) is 6.07 Å². The third-order valence-electron chi connectivity index (χ3n) is 3.28. The number of aryl methyl sites for hydroxylation is 1. The fourth-order valence-corrected chi connectivity index (χ4v) is 2.31. The van der Waals surface area contributed by atoms with Gasteiger partial charge in [-0.25, -0.2) is 4.39 Å². The summed E-state index contributed by atoms with van der Waals surface area (Å²) in [4.78, 5) is 2.13. The molecule has 1 heterocycles. The van der Waals surface area contributed by atoms with E-state index in [2.05, 4.69) is 10.2 Å². The highest BCUT2D eigenvalue weighted by atomic mass is 19.1. The van der Waals surface area contributed by atoms with Crippen molar-refractivity contribution in [1.82, 2.24) is 10.2 Å². The molecule has 0 aliphatic carbocycles. The predicted octanol–water partition coefficient (Wildman–Crippen LogP) is 1.07. The van der Waals surface area contributed by atoms with Gasteiger partial charge in [-0.15, -0.1) is 0 Å². The summed E-state index contributed by atoms with van der Waals surface area (Å²) in [7, 11) is 0. The fraction of sp³-hybridized carbons (Fsp3) is 0.538. The van der Waals surface area contributed by atoms with Crippen LogP contribution < -0.4 is 5.32 Å². The Hall–Kier alpha value is -0.970. The number of rotatable bonds is 3. The van der Waals surface area contributed by atoms with E-state index in [4.69, 9.17) is 0 Å². The quantitative estimate of drug-likeness (QED) is 0.827. The molecule has 0 aromatic heterocycles. The van der Waals surface area contributed by atoms with Gasteiger partial charge in [0.2, 0.25) is 0 Å². The molecular formula is C13H19FN2O. The number of nitrogens with one attached hydrogen (secondary N) is 1. The van der Waals surface area contributed by atoms with Crippen LogP contribution in [0.2, 0.25) is 0 Å². The number of benzene rings is 1. The van der Waals surface area contributed by atoms with E-state index in [-0.39, 0.29) is 18.5 Å². The standard InChI is InChI=1S/C13H19FN2O/c1-10-2-3-11(12(14)8-10)13(9-17)16-6-4-15-5-7-16/h2-3,8,13,15,17H,4-7,9H2,1H3/t13-/m0/s1. The minimum atomic E-state index is -0.224. The number of aliphatic hydroxyl groups excluding tert-OH is 1. The summed E-state index contributed by atoms with van der Waals surface area (Å²) in [5, 5.41) is 12.7. The monoisotopic (exact) mass is 238 g/mol. The van der Waals surface area contributed by atoms with Crippen LogP contribution in [0.15, 0.2) is 18.2 Å². The van der Waals surface area contributed by atoms with Crippen LogP contribution in [0.3, 0.4) is 0 Å². The van der Waals surface area contributed by atoms with E-state index >= 15 is 0 Å². The molecule has 0 spiro atoms. The van der Waals surface area contributed by atoms with Crippen LogP contribution >= 0.6 is 0 Å². The molecule has 0 radical (unpaired) electrons. The Bertz CT molecular complexity index is 378. The molecule has 1 saturated heterocycles. The lowest BCUT2D eigenvalue weighted by Gasteiger charge is -2.34. The molecule has 1 aliphatic heterocycles. The molecule has 1 aliphatic rings. The highest BCUT2D eigenvalue weighted by Gasteiger charge is 2.23. The zero-order valence-electron chi connectivity index (χ0n) is 10.1. The SMILES string of the molecule is Cc1ccc([C@H](CO)N2CCNCC2)c(F)c1. The van der Waals surface area contributed by atoms with Gasteiger partial charge in [-0.2, -0.15) is 0 Å². The van der Waals surface area contributed by atoms with Crippen molar-refractivity contribution in [3.63, 3.8) is 0 Å². The molecule has 4 heteroatoms. The molecule has 2 rings (SSSR count). The molecule has 0 bridgehead atoms. The van der Waals surface area contributed by atoms with Crippen molar-refractivity contribution >= 4 is 0 Å². The number of hydrogen-bond acceptors (Lipinski definition) is 3. The zero-order valence-corrected chi connectivity index (χ0v) is 10.1. The average Bonchev–Trinajstić information content (AvgIpc) is 2.34. The summed E-state index contributed by atoms with van der Waals surface area (Å²) in [5.41, 5.74) is 1.50. The van der Waals surface area contributed by atoms with Crippen molar-refractivity contribution < 1.29 is 9.50 Å². The Morgan fingerprint density at radius 3 is 2.71 bits per heavy atom. The second-order valence-electron chi connectivity index (χ2n) is 4.51. The van der Waals surface area contributed by atoms with E-state index in [0.29, 0.717) is 5.56 Å². The Balaban J connectivity index is 2.21. The first kappa shape index (κ1) is 12.5. The molecule has 0 amide bonds. The molecule has 94 valence electrons. The Morgan fingerprint density at radius 2 is 2.12 bits per heavy atom. The van der Waals surface area contributed by atoms with Gasteiger partial charge in [-0.05, 0) is 18.6 Å². The van der Waals surface area contributed by atoms with Gasteiger partial charge in [0.1, 0.15) is 5.82 Å². The first-order valence-electron chi connectivity index (χ1n) is 6.04. The van der Waals surface area contributed by atoms with Crippen LogP contribution in [0.5, 0.6) is 0 Å². The second-order valence-corrected chi connectivity index (χ2v) is 4.51. The van der Waals surface area contributed by atoms with Gasteiger partial charge < -0.3 is 10.4 Å². The number of aliphatic hydroxyl groups is 1. The predicted molar refractivity (Wildman–Crippen MR) is 65.4 cm³/mol. The number of halogens is 1. The molecule has 1 aromatic carbocycles. The van der Waals surface area contributed by atoms with E-state index in [1.807, 2.05) is 13.0 Å². The number of hydrogen-bond donors (Lipinski definition) is 2. The summed E-state index contributed by atoms with van der Waals surface area (Å²) in [6.07, 6.45) is 0. The fourth-order valence-electron chi connectivity index (χ4n) is 2.31. The lowest BCUT2D eigenvalue weighted by atomic mass is 10.0. The lowest BCUT2D eigenvalue weighted by molar-refractivity contribution is 0.108. The molecule has 2 N–H and O–H groups in total. The van der Waals surface area contributed by atoms with Gasteiger partial charge in [0, 0.05) is 31.7 Å². The van der Waals surface area contributed by atoms with Gasteiger partial charge in [-0.3, -0.25) is 4.90 Å². The summed E-state index contributed by atoms with van der Waals surface area (Å²) in [6.45, 7) is 5.30. The third-order valence-corrected chi connectivity index (χ3v) is 3.28. The smallest absolute Gasteiger partial charge is 0.128 e. The minimum absolute atomic E-state index is 0.0417. The van der Waals surface area contributed by atoms with Crippen molar-refractivity contribution in [1.29, 1.82) is 0 Å². The van der Waals surface area contributed by atoms with Crippen LogP contribution in [-0.2, 0) is 0 Å². The second kappa shape index (κ2) is 5.58. The van der Waals surface area contributed by atoms with Gasteiger partial charge in [0.25, 0.3) is 0 Å². The normalized spacial score (nSPS) is 19.2. The van der Waals surface area contributed by atoms with E-state index in [1.165, 1.54) is 6.07 Å². The van der Waals surface area contributed by atoms with Gasteiger partial charge in [0.05, 0.1) is 12.6 Å². The van der Waals surface area contributed by atoms with Crippen LogP contribution in [0, 0.1) is 12.7 Å². The topological polar surface area (TPSA) is 35.5 Å². The summed E-state index contributed by atoms with van der Waals surface area (Å²) < 4.78 is 13.9. The van der Waals surface area contributed by atoms with Gasteiger partial charge in [0.15, 0.2) is 0 Å². The number of piperazine rings is 1. The third kappa shape index (κ3) is 2.83. The lowest BCUT2D eigenvalue weighted by Crippen LogP contribution is -2.46. The van der Waals surface area contributed by atoms with Gasteiger partial charge in [-0.1, -0.05) is 12.1 Å². The maximum Gasteiger partial charge on any atom is 0.128 e.